The van der Waals surface area contributed by atoms with Crippen LogP contribution in [-0.4, -0.2) is 32.5 Å². The molecule has 0 spiro atoms. The second-order valence-electron chi connectivity index (χ2n) is 6.39. The molecule has 140 valence electrons. The lowest BCUT2D eigenvalue weighted by molar-refractivity contribution is -0.119. The molecule has 0 bridgehead atoms. The molecule has 5 nitrogen and oxygen atoms in total. The van der Waals surface area contributed by atoms with Gasteiger partial charge in [-0.05, 0) is 37.6 Å². The van der Waals surface area contributed by atoms with Gasteiger partial charge in [0.25, 0.3) is 0 Å². The third-order valence-electron chi connectivity index (χ3n) is 3.75. The van der Waals surface area contributed by atoms with Crippen LogP contribution in [0, 0.1) is 0 Å². The molecule has 1 aromatic heterocycles. The zero-order valence-electron chi connectivity index (χ0n) is 15.2. The summed E-state index contributed by atoms with van der Waals surface area (Å²) in [5, 5.41) is 12.9. The quantitative estimate of drug-likeness (QED) is 0.606. The fourth-order valence-corrected chi connectivity index (χ4v) is 3.62. The fraction of sp³-hybridized carbons (Fsp3) is 0.250. The second-order valence-corrected chi connectivity index (χ2v) is 7.77. The van der Waals surface area contributed by atoms with E-state index in [9.17, 15) is 4.79 Å². The summed E-state index contributed by atoms with van der Waals surface area (Å²) >= 11 is 7.55. The maximum atomic E-state index is 12.0. The monoisotopic (exact) mass is 400 g/mol. The van der Waals surface area contributed by atoms with E-state index in [2.05, 4.69) is 27.6 Å². The molecule has 0 aliphatic rings. The molecule has 0 aliphatic carbocycles. The summed E-state index contributed by atoms with van der Waals surface area (Å²) in [6.07, 6.45) is 0.638. The summed E-state index contributed by atoms with van der Waals surface area (Å²) in [6, 6.07) is 17.8. The molecule has 2 aromatic carbocycles. The molecule has 0 atom stereocenters. The van der Waals surface area contributed by atoms with Crippen LogP contribution < -0.4 is 5.32 Å². The van der Waals surface area contributed by atoms with E-state index < -0.39 is 0 Å². The lowest BCUT2D eigenvalue weighted by Gasteiger charge is -2.11. The van der Waals surface area contributed by atoms with Gasteiger partial charge in [0.1, 0.15) is 5.82 Å². The van der Waals surface area contributed by atoms with Crippen LogP contribution >= 0.6 is 23.4 Å². The van der Waals surface area contributed by atoms with E-state index in [0.717, 1.165) is 17.1 Å². The van der Waals surface area contributed by atoms with Gasteiger partial charge in [-0.2, -0.15) is 0 Å². The number of hydrogen-bond acceptors (Lipinski definition) is 4. The lowest BCUT2D eigenvalue weighted by atomic mass is 10.1. The van der Waals surface area contributed by atoms with E-state index in [4.69, 9.17) is 11.6 Å². The van der Waals surface area contributed by atoms with Gasteiger partial charge in [-0.1, -0.05) is 59.8 Å². The van der Waals surface area contributed by atoms with E-state index in [1.165, 1.54) is 11.8 Å². The van der Waals surface area contributed by atoms with Crippen molar-refractivity contribution >= 4 is 29.3 Å². The molecule has 0 aliphatic heterocycles. The number of hydrogen-bond donors (Lipinski definition) is 1. The molecule has 1 heterocycles. The van der Waals surface area contributed by atoms with Crippen LogP contribution in [-0.2, 0) is 11.2 Å². The third-order valence-corrected chi connectivity index (χ3v) is 4.92. The first kappa shape index (κ1) is 19.5. The van der Waals surface area contributed by atoms with Crippen LogP contribution in [0.2, 0.25) is 5.02 Å². The van der Waals surface area contributed by atoms with Crippen molar-refractivity contribution in [1.29, 1.82) is 0 Å². The highest BCUT2D eigenvalue weighted by molar-refractivity contribution is 7.99. The summed E-state index contributed by atoms with van der Waals surface area (Å²) in [5.74, 6) is 1.05. The average molecular weight is 401 g/mol. The molecular weight excluding hydrogens is 380 g/mol. The number of thioether (sulfide) groups is 1. The van der Waals surface area contributed by atoms with Crippen LogP contribution in [0.25, 0.3) is 5.69 Å². The van der Waals surface area contributed by atoms with Crippen molar-refractivity contribution in [1.82, 2.24) is 20.1 Å². The predicted octanol–water partition coefficient (Wildman–Crippen LogP) is 4.13. The number of carbonyl (C=O) groups excluding carboxylic acids is 1. The lowest BCUT2D eigenvalue weighted by Crippen LogP contribution is -2.31. The molecule has 3 rings (SSSR count). The first-order chi connectivity index (χ1) is 13.0. The van der Waals surface area contributed by atoms with Gasteiger partial charge >= 0.3 is 0 Å². The van der Waals surface area contributed by atoms with Crippen molar-refractivity contribution in [3.63, 3.8) is 0 Å². The Labute approximate surface area is 168 Å². The zero-order chi connectivity index (χ0) is 19.2. The Morgan fingerprint density at radius 1 is 1.15 bits per heavy atom. The van der Waals surface area contributed by atoms with Crippen molar-refractivity contribution in [3.05, 3.63) is 71.0 Å². The normalized spacial score (nSPS) is 11.0. The minimum absolute atomic E-state index is 0.0275. The molecule has 0 radical (unpaired) electrons. The van der Waals surface area contributed by atoms with Crippen LogP contribution in [0.5, 0.6) is 0 Å². The minimum Gasteiger partial charge on any atom is -0.353 e. The molecule has 1 N–H and O–H groups in total. The molecule has 0 saturated carbocycles. The topological polar surface area (TPSA) is 59.8 Å². The summed E-state index contributed by atoms with van der Waals surface area (Å²) in [5.41, 5.74) is 2.02. The molecule has 0 fully saturated rings. The Kier molecular flexibility index (Phi) is 6.53. The smallest absolute Gasteiger partial charge is 0.230 e. The van der Waals surface area contributed by atoms with Gasteiger partial charge in [0.15, 0.2) is 5.16 Å². The Morgan fingerprint density at radius 3 is 2.63 bits per heavy atom. The van der Waals surface area contributed by atoms with Gasteiger partial charge in [-0.25, -0.2) is 0 Å². The summed E-state index contributed by atoms with van der Waals surface area (Å²) in [7, 11) is 0. The number of amides is 1. The third kappa shape index (κ3) is 5.34. The van der Waals surface area contributed by atoms with E-state index in [1.54, 1.807) is 0 Å². The molecule has 0 saturated heterocycles. The predicted molar refractivity (Wildman–Crippen MR) is 110 cm³/mol. The maximum Gasteiger partial charge on any atom is 0.230 e. The van der Waals surface area contributed by atoms with Crippen molar-refractivity contribution in [2.45, 2.75) is 31.5 Å². The molecule has 27 heavy (non-hydrogen) atoms. The SMILES string of the molecule is CC(C)NC(=O)CSc1nnc(Cc2ccccc2)n1-c1cccc(Cl)c1. The van der Waals surface area contributed by atoms with Gasteiger partial charge in [0, 0.05) is 17.5 Å². The highest BCUT2D eigenvalue weighted by Gasteiger charge is 2.16. The molecule has 7 heteroatoms. The minimum atomic E-state index is -0.0275. The van der Waals surface area contributed by atoms with E-state index >= 15 is 0 Å². The van der Waals surface area contributed by atoms with E-state index in [1.807, 2.05) is 60.9 Å². The second kappa shape index (κ2) is 9.06. The molecule has 1 amide bonds. The number of rotatable bonds is 7. The van der Waals surface area contributed by atoms with Crippen LogP contribution in [0.15, 0.2) is 59.8 Å². The fourth-order valence-electron chi connectivity index (χ4n) is 2.66. The highest BCUT2D eigenvalue weighted by atomic mass is 35.5. The first-order valence-electron chi connectivity index (χ1n) is 8.69. The van der Waals surface area contributed by atoms with Crippen molar-refractivity contribution in [2.24, 2.45) is 0 Å². The van der Waals surface area contributed by atoms with Crippen LogP contribution in [0.3, 0.4) is 0 Å². The number of aromatic nitrogens is 3. The summed E-state index contributed by atoms with van der Waals surface area (Å²) in [6.45, 7) is 3.88. The number of nitrogens with one attached hydrogen (secondary N) is 1. The van der Waals surface area contributed by atoms with Crippen molar-refractivity contribution in [3.8, 4) is 5.69 Å². The highest BCUT2D eigenvalue weighted by Crippen LogP contribution is 2.25. The number of nitrogens with zero attached hydrogens (tertiary/aromatic N) is 3. The van der Waals surface area contributed by atoms with Gasteiger partial charge in [0.2, 0.25) is 5.91 Å². The summed E-state index contributed by atoms with van der Waals surface area (Å²) < 4.78 is 1.96. The molecular formula is C20H21ClN4OS. The number of carbonyl (C=O) groups is 1. The Bertz CT molecular complexity index is 911. The van der Waals surface area contributed by atoms with Crippen molar-refractivity contribution < 1.29 is 4.79 Å². The standard InChI is InChI=1S/C20H21ClN4OS/c1-14(2)22-19(26)13-27-20-24-23-18(11-15-7-4-3-5-8-15)25(20)17-10-6-9-16(21)12-17/h3-10,12,14H,11,13H2,1-2H3,(H,22,26). The Hall–Kier alpha value is -2.31. The van der Waals surface area contributed by atoms with Gasteiger partial charge in [0.05, 0.1) is 11.4 Å². The van der Waals surface area contributed by atoms with E-state index in [-0.39, 0.29) is 17.7 Å². The maximum absolute atomic E-state index is 12.0. The number of benzene rings is 2. The van der Waals surface area contributed by atoms with Gasteiger partial charge < -0.3 is 5.32 Å². The van der Waals surface area contributed by atoms with Gasteiger partial charge in [-0.3, -0.25) is 9.36 Å². The van der Waals surface area contributed by atoms with Crippen LogP contribution in [0.1, 0.15) is 25.2 Å². The number of halogens is 1. The van der Waals surface area contributed by atoms with Crippen LogP contribution in [0.4, 0.5) is 0 Å². The van der Waals surface area contributed by atoms with Crippen molar-refractivity contribution in [2.75, 3.05) is 5.75 Å². The molecule has 3 aromatic rings. The summed E-state index contributed by atoms with van der Waals surface area (Å²) in [4.78, 5) is 12.0. The Balaban J connectivity index is 1.90. The first-order valence-corrected chi connectivity index (χ1v) is 10.1. The molecule has 0 unspecified atom stereocenters. The van der Waals surface area contributed by atoms with Gasteiger partial charge in [-0.15, -0.1) is 10.2 Å². The largest absolute Gasteiger partial charge is 0.353 e. The Morgan fingerprint density at radius 2 is 1.93 bits per heavy atom. The zero-order valence-corrected chi connectivity index (χ0v) is 16.8. The average Bonchev–Trinajstić information content (AvgIpc) is 3.03. The van der Waals surface area contributed by atoms with E-state index in [0.29, 0.717) is 16.6 Å².